The van der Waals surface area contributed by atoms with E-state index in [1.54, 1.807) is 36.4 Å². The van der Waals surface area contributed by atoms with Crippen LogP contribution in [0.5, 0.6) is 0 Å². The topological polar surface area (TPSA) is 38.7 Å². The van der Waals surface area contributed by atoms with Gasteiger partial charge >= 0.3 is 20.1 Å². The van der Waals surface area contributed by atoms with Crippen LogP contribution in [0, 0.1) is 45.8 Å². The quantitative estimate of drug-likeness (QED) is 0.166. The van der Waals surface area contributed by atoms with Crippen molar-refractivity contribution in [2.75, 3.05) is 0 Å². The van der Waals surface area contributed by atoms with Gasteiger partial charge in [0.1, 0.15) is 0 Å². The van der Waals surface area contributed by atoms with E-state index < -0.39 is 13.7 Å². The zero-order chi connectivity index (χ0) is 38.2. The molecule has 0 amide bonds. The molecule has 0 fully saturated rings. The molecule has 0 saturated carbocycles. The van der Waals surface area contributed by atoms with E-state index in [-0.39, 0.29) is 31.5 Å². The number of aryl methyl sites for hydroxylation is 4. The summed E-state index contributed by atoms with van der Waals surface area (Å²) >= 11 is 0. The van der Waals surface area contributed by atoms with Gasteiger partial charge in [-0.3, -0.25) is 0 Å². The van der Waals surface area contributed by atoms with Crippen LogP contribution in [0.2, 0.25) is 0 Å². The Kier molecular flexibility index (Phi) is 10.3. The molecule has 7 aromatic rings. The van der Waals surface area contributed by atoms with Gasteiger partial charge in [0.05, 0.1) is 0 Å². The zero-order valence-electron chi connectivity index (χ0n) is 33.4. The summed E-state index contributed by atoms with van der Waals surface area (Å²) in [6.07, 6.45) is 1.89. The predicted octanol–water partition coefficient (Wildman–Crippen LogP) is 11.2. The van der Waals surface area contributed by atoms with Crippen LogP contribution in [0.1, 0.15) is 56.1 Å². The van der Waals surface area contributed by atoms with E-state index in [1.165, 1.54) is 34.0 Å². The molecule has 240 valence electrons. The molecule has 0 unspecified atom stereocenters. The molecule has 0 aliphatic heterocycles. The van der Waals surface area contributed by atoms with Gasteiger partial charge in [-0.05, 0) is 71.2 Å². The molecule has 0 atom stereocenters. The standard InChI is InChI=1S/C20H20N.2C12H10N.Ir/c1-13(2)17-6-5-16-7-8-21-20(19(16)12-17)18-10-14(3)9-15(4)11-18;2*1-10-6-5-9-12(13-10)11-7-3-2-4-8-11;/h5-10,12-13H,1-4H3;2*2-7,9H,1H3;/q3*-1;+3/i;2*1D3;. The Morgan fingerprint density at radius 2 is 1.27 bits per heavy atom. The van der Waals surface area contributed by atoms with Gasteiger partial charge in [-0.2, -0.15) is 0 Å². The summed E-state index contributed by atoms with van der Waals surface area (Å²) in [5, 5.41) is 2.45. The molecule has 3 aromatic heterocycles. The third-order valence-electron chi connectivity index (χ3n) is 7.33. The monoisotopic (exact) mass is 809 g/mol. The summed E-state index contributed by atoms with van der Waals surface area (Å²) in [4.78, 5) is 12.9. The maximum absolute atomic E-state index is 7.29. The average Bonchev–Trinajstić information content (AvgIpc) is 3.14. The van der Waals surface area contributed by atoms with Crippen molar-refractivity contribution in [1.82, 2.24) is 15.0 Å². The predicted molar refractivity (Wildman–Crippen MR) is 196 cm³/mol. The maximum atomic E-state index is 7.29. The van der Waals surface area contributed by atoms with Crippen LogP contribution in [-0.2, 0) is 20.1 Å². The van der Waals surface area contributed by atoms with E-state index in [9.17, 15) is 0 Å². The number of nitrogens with zero attached hydrogens (tertiary/aromatic N) is 3. The van der Waals surface area contributed by atoms with E-state index in [0.29, 0.717) is 17.3 Å². The van der Waals surface area contributed by atoms with Gasteiger partial charge < -0.3 is 15.0 Å². The zero-order valence-corrected chi connectivity index (χ0v) is 29.8. The third kappa shape index (κ3) is 9.87. The number of hydrogen-bond acceptors (Lipinski definition) is 3. The van der Waals surface area contributed by atoms with Crippen LogP contribution in [-0.4, -0.2) is 15.0 Å². The van der Waals surface area contributed by atoms with Crippen molar-refractivity contribution in [3.8, 4) is 33.8 Å². The summed E-state index contributed by atoms with van der Waals surface area (Å²) < 4.78 is 43.8. The second kappa shape index (κ2) is 17.4. The average molecular weight is 809 g/mol. The molecular weight excluding hydrogens is 763 g/mol. The van der Waals surface area contributed by atoms with Gasteiger partial charge in [-0.1, -0.05) is 70.2 Å². The molecule has 3 heterocycles. The first-order valence-corrected chi connectivity index (χ1v) is 15.5. The summed E-state index contributed by atoms with van der Waals surface area (Å²) in [6, 6.07) is 47.2. The number of pyridine rings is 3. The van der Waals surface area contributed by atoms with Gasteiger partial charge in [0.15, 0.2) is 0 Å². The summed E-state index contributed by atoms with van der Waals surface area (Å²) in [5.74, 6) is 0.519. The molecule has 7 rings (SSSR count). The Morgan fingerprint density at radius 3 is 1.79 bits per heavy atom. The Balaban J connectivity index is 0.000000181. The molecule has 0 aliphatic rings. The molecule has 3 nitrogen and oxygen atoms in total. The normalized spacial score (nSPS) is 12.7. The van der Waals surface area contributed by atoms with Crippen molar-refractivity contribution >= 4 is 10.8 Å². The van der Waals surface area contributed by atoms with Crippen molar-refractivity contribution in [2.24, 2.45) is 0 Å². The number of hydrogen-bond donors (Lipinski definition) is 0. The van der Waals surface area contributed by atoms with Gasteiger partial charge in [0.25, 0.3) is 0 Å². The number of fused-ring (bicyclic) bond motifs is 1. The molecule has 0 saturated heterocycles. The molecule has 0 spiro atoms. The Labute approximate surface area is 308 Å². The third-order valence-corrected chi connectivity index (χ3v) is 7.33. The SMILES string of the molecule is Cc1[c-]c(-c2nccc3ccc(C(C)C)cc23)cc(C)c1.[2H]C([2H])([2H])c1cccc(-c2[c-]cccc2)n1.[2H]C([2H])([2H])c1cccc(-c2[c-]cccc2)n1.[Ir+3]. The van der Waals surface area contributed by atoms with Crippen molar-refractivity contribution in [1.29, 1.82) is 0 Å². The molecular formula is C44H40IrN3. The van der Waals surface area contributed by atoms with E-state index in [0.717, 1.165) is 27.9 Å². The fraction of sp³-hybridized carbons (Fsp3) is 0.159. The van der Waals surface area contributed by atoms with Crippen LogP contribution < -0.4 is 0 Å². The Morgan fingerprint density at radius 1 is 0.646 bits per heavy atom. The van der Waals surface area contributed by atoms with E-state index in [1.807, 2.05) is 42.6 Å². The molecule has 0 N–H and O–H groups in total. The fourth-order valence-corrected chi connectivity index (χ4v) is 5.06. The largest absolute Gasteiger partial charge is 3.00 e. The minimum atomic E-state index is -2.16. The summed E-state index contributed by atoms with van der Waals surface area (Å²) in [7, 11) is 0. The molecule has 0 bridgehead atoms. The first-order chi connectivity index (χ1) is 25.2. The molecule has 0 radical (unpaired) electrons. The van der Waals surface area contributed by atoms with E-state index in [2.05, 4.69) is 97.2 Å². The van der Waals surface area contributed by atoms with Crippen LogP contribution in [0.3, 0.4) is 0 Å². The van der Waals surface area contributed by atoms with Crippen molar-refractivity contribution in [2.45, 2.75) is 47.3 Å². The first kappa shape index (κ1) is 28.3. The van der Waals surface area contributed by atoms with Gasteiger partial charge in [-0.25, -0.2) is 0 Å². The smallest absolute Gasteiger partial charge is 0.304 e. The first-order valence-electron chi connectivity index (χ1n) is 18.5. The van der Waals surface area contributed by atoms with Crippen LogP contribution in [0.15, 0.2) is 128 Å². The van der Waals surface area contributed by atoms with Crippen LogP contribution in [0.4, 0.5) is 0 Å². The summed E-state index contributed by atoms with van der Waals surface area (Å²) in [5.41, 5.74) is 8.96. The minimum absolute atomic E-state index is 0. The van der Waals surface area contributed by atoms with Crippen LogP contribution >= 0.6 is 0 Å². The van der Waals surface area contributed by atoms with Gasteiger partial charge in [0, 0.05) is 25.8 Å². The van der Waals surface area contributed by atoms with Gasteiger partial charge in [0.2, 0.25) is 0 Å². The molecule has 0 aliphatic carbocycles. The molecule has 4 heteroatoms. The fourth-order valence-electron chi connectivity index (χ4n) is 5.06. The van der Waals surface area contributed by atoms with Gasteiger partial charge in [-0.15, -0.1) is 107 Å². The van der Waals surface area contributed by atoms with Crippen molar-refractivity contribution in [3.05, 3.63) is 174 Å². The minimum Gasteiger partial charge on any atom is -0.304 e. The summed E-state index contributed by atoms with van der Waals surface area (Å²) in [6.45, 7) is 4.33. The van der Waals surface area contributed by atoms with E-state index in [4.69, 9.17) is 8.22 Å². The second-order valence-electron chi connectivity index (χ2n) is 11.4. The van der Waals surface area contributed by atoms with Crippen molar-refractivity contribution in [3.63, 3.8) is 0 Å². The number of aromatic nitrogens is 3. The Hall–Kier alpha value is -4.76. The van der Waals surface area contributed by atoms with Crippen LogP contribution in [0.25, 0.3) is 44.5 Å². The molecule has 48 heavy (non-hydrogen) atoms. The number of benzene rings is 4. The number of rotatable bonds is 4. The molecule has 4 aromatic carbocycles. The Bertz CT molecular complexity index is 2160. The second-order valence-corrected chi connectivity index (χ2v) is 11.4. The maximum Gasteiger partial charge on any atom is 3.00 e. The van der Waals surface area contributed by atoms with Crippen molar-refractivity contribution < 1.29 is 28.3 Å². The van der Waals surface area contributed by atoms with E-state index >= 15 is 0 Å².